The molecule has 7 nitrogen and oxygen atoms in total. The Kier molecular flexibility index (Phi) is 6.38. The zero-order valence-electron chi connectivity index (χ0n) is 17.3. The molecule has 8 heteroatoms. The van der Waals surface area contributed by atoms with Crippen LogP contribution in [-0.2, 0) is 11.3 Å². The minimum atomic E-state index is -0.346. The third-order valence-corrected chi connectivity index (χ3v) is 6.22. The third-order valence-electron chi connectivity index (χ3n) is 5.36. The van der Waals surface area contributed by atoms with Crippen LogP contribution < -0.4 is 9.47 Å². The Bertz CT molecular complexity index is 972. The topological polar surface area (TPSA) is 77.2 Å². The second kappa shape index (κ2) is 9.18. The van der Waals surface area contributed by atoms with Gasteiger partial charge in [0.2, 0.25) is 5.89 Å². The molecule has 30 heavy (non-hydrogen) atoms. The molecular formula is C22H26N2O5S. The van der Waals surface area contributed by atoms with Crippen LogP contribution in [0.5, 0.6) is 11.5 Å². The van der Waals surface area contributed by atoms with E-state index in [0.717, 1.165) is 28.4 Å². The summed E-state index contributed by atoms with van der Waals surface area (Å²) in [6.45, 7) is 3.72. The fourth-order valence-corrected chi connectivity index (χ4v) is 4.50. The number of benzene rings is 1. The number of thiophene rings is 1. The first kappa shape index (κ1) is 20.9. The average molecular weight is 431 g/mol. The molecule has 0 bridgehead atoms. The molecule has 160 valence electrons. The van der Waals surface area contributed by atoms with E-state index < -0.39 is 0 Å². The fourth-order valence-electron chi connectivity index (χ4n) is 3.85. The van der Waals surface area contributed by atoms with Crippen LogP contribution in [0, 0.1) is 6.92 Å². The molecule has 1 fully saturated rings. The molecule has 3 heterocycles. The molecule has 0 radical (unpaired) electrons. The summed E-state index contributed by atoms with van der Waals surface area (Å²) in [5.41, 5.74) is 1.88. The Morgan fingerprint density at radius 2 is 2.07 bits per heavy atom. The van der Waals surface area contributed by atoms with Crippen LogP contribution in [0.25, 0.3) is 10.8 Å². The van der Waals surface area contributed by atoms with Crippen molar-refractivity contribution < 1.29 is 23.7 Å². The van der Waals surface area contributed by atoms with Gasteiger partial charge >= 0.3 is 0 Å². The van der Waals surface area contributed by atoms with Gasteiger partial charge in [-0.2, -0.15) is 0 Å². The summed E-state index contributed by atoms with van der Waals surface area (Å²) in [4.78, 5) is 8.02. The highest BCUT2D eigenvalue weighted by molar-refractivity contribution is 7.13. The molecule has 2 aromatic heterocycles. The first-order valence-corrected chi connectivity index (χ1v) is 10.7. The summed E-state index contributed by atoms with van der Waals surface area (Å²) >= 11 is 1.60. The average Bonchev–Trinajstić information content (AvgIpc) is 3.43. The molecule has 1 aliphatic rings. The van der Waals surface area contributed by atoms with E-state index in [1.807, 2.05) is 42.6 Å². The molecule has 0 aliphatic carbocycles. The molecule has 2 atom stereocenters. The van der Waals surface area contributed by atoms with Gasteiger partial charge in [0.05, 0.1) is 44.0 Å². The van der Waals surface area contributed by atoms with Gasteiger partial charge in [0, 0.05) is 13.1 Å². The number of methoxy groups -OCH3 is 2. The van der Waals surface area contributed by atoms with Crippen molar-refractivity contribution in [3.63, 3.8) is 0 Å². The number of hydrogen-bond acceptors (Lipinski definition) is 8. The standard InChI is InChI=1S/C22H26N2O5S/c1-14-16(23-22(29-14)20-5-4-10-30-20)12-24-8-9-28-19(13-25)21(24)15-6-7-17(26-2)18(11-15)27-3/h4-7,10-11,19,21,25H,8-9,12-13H2,1-3H3/t19-,21-/m1/s1. The van der Waals surface area contributed by atoms with Crippen LogP contribution >= 0.6 is 11.3 Å². The largest absolute Gasteiger partial charge is 0.493 e. The Morgan fingerprint density at radius 3 is 2.77 bits per heavy atom. The van der Waals surface area contributed by atoms with Gasteiger partial charge in [0.25, 0.3) is 0 Å². The number of oxazole rings is 1. The minimum Gasteiger partial charge on any atom is -0.493 e. The number of aliphatic hydroxyl groups excluding tert-OH is 1. The number of morpholine rings is 1. The lowest BCUT2D eigenvalue weighted by Gasteiger charge is -2.40. The Hall–Kier alpha value is -2.39. The minimum absolute atomic E-state index is 0.0756. The number of aliphatic hydroxyl groups is 1. The number of rotatable bonds is 7. The van der Waals surface area contributed by atoms with Gasteiger partial charge in [-0.1, -0.05) is 12.1 Å². The van der Waals surface area contributed by atoms with E-state index in [1.54, 1.807) is 25.6 Å². The first-order chi connectivity index (χ1) is 14.6. The molecule has 0 spiro atoms. The van der Waals surface area contributed by atoms with Crippen molar-refractivity contribution in [2.24, 2.45) is 0 Å². The maximum atomic E-state index is 9.98. The van der Waals surface area contributed by atoms with Crippen molar-refractivity contribution in [2.75, 3.05) is 34.0 Å². The maximum absolute atomic E-state index is 9.98. The van der Waals surface area contributed by atoms with E-state index in [9.17, 15) is 5.11 Å². The van der Waals surface area contributed by atoms with E-state index >= 15 is 0 Å². The van der Waals surface area contributed by atoms with Gasteiger partial charge < -0.3 is 23.7 Å². The molecule has 0 saturated carbocycles. The van der Waals surface area contributed by atoms with Gasteiger partial charge in [-0.05, 0) is 36.1 Å². The lowest BCUT2D eigenvalue weighted by molar-refractivity contribution is -0.0964. The lowest BCUT2D eigenvalue weighted by Crippen LogP contribution is -2.46. The monoisotopic (exact) mass is 430 g/mol. The van der Waals surface area contributed by atoms with E-state index in [1.165, 1.54) is 0 Å². The van der Waals surface area contributed by atoms with E-state index in [4.69, 9.17) is 23.6 Å². The number of aryl methyl sites for hydroxylation is 1. The third kappa shape index (κ3) is 4.09. The van der Waals surface area contributed by atoms with Gasteiger partial charge in [-0.25, -0.2) is 4.98 Å². The van der Waals surface area contributed by atoms with Crippen molar-refractivity contribution in [1.29, 1.82) is 0 Å². The van der Waals surface area contributed by atoms with Crippen molar-refractivity contribution in [3.8, 4) is 22.3 Å². The summed E-state index contributed by atoms with van der Waals surface area (Å²) in [7, 11) is 3.23. The normalized spacial score (nSPS) is 19.7. The number of hydrogen-bond donors (Lipinski definition) is 1. The van der Waals surface area contributed by atoms with Crippen LogP contribution in [0.4, 0.5) is 0 Å². The van der Waals surface area contributed by atoms with Gasteiger partial charge in [-0.15, -0.1) is 11.3 Å². The SMILES string of the molecule is COc1ccc([C@@H]2[C@@H](CO)OCCN2Cc2nc(-c3cccs3)oc2C)cc1OC. The zero-order chi connectivity index (χ0) is 21.1. The van der Waals surface area contributed by atoms with Crippen molar-refractivity contribution >= 4 is 11.3 Å². The quantitative estimate of drug-likeness (QED) is 0.613. The molecule has 1 aromatic carbocycles. The second-order valence-electron chi connectivity index (χ2n) is 7.12. The van der Waals surface area contributed by atoms with Crippen LogP contribution in [0.2, 0.25) is 0 Å². The van der Waals surface area contributed by atoms with Gasteiger partial charge in [0.15, 0.2) is 11.5 Å². The molecule has 3 aromatic rings. The van der Waals surface area contributed by atoms with Crippen molar-refractivity contribution in [3.05, 3.63) is 52.7 Å². The predicted octanol–water partition coefficient (Wildman–Crippen LogP) is 3.66. The first-order valence-electron chi connectivity index (χ1n) is 9.83. The van der Waals surface area contributed by atoms with Gasteiger partial charge in [0.1, 0.15) is 11.9 Å². The van der Waals surface area contributed by atoms with E-state index in [2.05, 4.69) is 4.90 Å². The Morgan fingerprint density at radius 1 is 1.23 bits per heavy atom. The summed E-state index contributed by atoms with van der Waals surface area (Å²) in [6.07, 6.45) is -0.346. The van der Waals surface area contributed by atoms with Crippen LogP contribution in [0.1, 0.15) is 23.1 Å². The Balaban J connectivity index is 1.64. The molecule has 4 rings (SSSR count). The summed E-state index contributed by atoms with van der Waals surface area (Å²) in [5, 5.41) is 12.0. The molecule has 1 saturated heterocycles. The fraction of sp³-hybridized carbons (Fsp3) is 0.409. The van der Waals surface area contributed by atoms with Crippen LogP contribution in [0.3, 0.4) is 0 Å². The Labute approximate surface area is 179 Å². The number of ether oxygens (including phenoxy) is 3. The number of aromatic nitrogens is 1. The zero-order valence-corrected chi connectivity index (χ0v) is 18.1. The molecule has 1 aliphatic heterocycles. The van der Waals surface area contributed by atoms with E-state index in [0.29, 0.717) is 30.5 Å². The summed E-state index contributed by atoms with van der Waals surface area (Å²) in [6, 6.07) is 9.66. The number of nitrogens with zero attached hydrogens (tertiary/aromatic N) is 2. The summed E-state index contributed by atoms with van der Waals surface area (Å²) < 4.78 is 22.6. The second-order valence-corrected chi connectivity index (χ2v) is 8.07. The van der Waals surface area contributed by atoms with Crippen LogP contribution in [-0.4, -0.2) is 55.1 Å². The highest BCUT2D eigenvalue weighted by Gasteiger charge is 2.34. The summed E-state index contributed by atoms with van der Waals surface area (Å²) in [5.74, 6) is 2.76. The molecule has 0 amide bonds. The van der Waals surface area contributed by atoms with Crippen molar-refractivity contribution in [1.82, 2.24) is 9.88 Å². The molecule has 0 unspecified atom stereocenters. The highest BCUT2D eigenvalue weighted by atomic mass is 32.1. The highest BCUT2D eigenvalue weighted by Crippen LogP contribution is 2.37. The maximum Gasteiger partial charge on any atom is 0.236 e. The van der Waals surface area contributed by atoms with Crippen LogP contribution in [0.15, 0.2) is 40.1 Å². The molecule has 1 N–H and O–H groups in total. The predicted molar refractivity (Wildman–Crippen MR) is 114 cm³/mol. The van der Waals surface area contributed by atoms with Gasteiger partial charge in [-0.3, -0.25) is 4.90 Å². The smallest absolute Gasteiger partial charge is 0.236 e. The lowest BCUT2D eigenvalue weighted by atomic mass is 9.97. The molecular weight excluding hydrogens is 404 g/mol. The van der Waals surface area contributed by atoms with Crippen molar-refractivity contribution in [2.45, 2.75) is 25.6 Å². The van der Waals surface area contributed by atoms with E-state index in [-0.39, 0.29) is 18.8 Å².